The van der Waals surface area contributed by atoms with Gasteiger partial charge in [-0.25, -0.2) is 4.98 Å². The Kier molecular flexibility index (Phi) is 3.33. The molecule has 1 heterocycles. The molecule has 0 atom stereocenters. The second-order valence-corrected chi connectivity index (χ2v) is 5.17. The van der Waals surface area contributed by atoms with Crippen LogP contribution < -0.4 is 5.32 Å². The van der Waals surface area contributed by atoms with Crippen molar-refractivity contribution in [1.82, 2.24) is 14.9 Å². The average Bonchev–Trinajstić information content (AvgIpc) is 3.20. The lowest BCUT2D eigenvalue weighted by Crippen LogP contribution is -2.29. The molecule has 102 valence electrons. The van der Waals surface area contributed by atoms with Gasteiger partial charge in [0.1, 0.15) is 12.4 Å². The largest absolute Gasteiger partial charge is 0.352 e. The number of halogens is 1. The predicted octanol–water partition coefficient (Wildman–Crippen LogP) is 1.93. The van der Waals surface area contributed by atoms with Crippen LogP contribution in [0.15, 0.2) is 18.2 Å². The van der Waals surface area contributed by atoms with Crippen molar-refractivity contribution < 1.29 is 4.79 Å². The van der Waals surface area contributed by atoms with Crippen LogP contribution in [0.3, 0.4) is 0 Å². The minimum atomic E-state index is -0.0412. The number of hydrogen-bond acceptors (Lipinski definition) is 3. The molecule has 1 aromatic carbocycles. The van der Waals surface area contributed by atoms with Crippen molar-refractivity contribution in [3.63, 3.8) is 0 Å². The number of benzene rings is 1. The Hall–Kier alpha value is -2.06. The first-order valence-electron chi connectivity index (χ1n) is 6.46. The number of nitrogens with zero attached hydrogens (tertiary/aromatic N) is 3. The van der Waals surface area contributed by atoms with Gasteiger partial charge in [0.25, 0.3) is 0 Å². The zero-order valence-electron chi connectivity index (χ0n) is 10.8. The van der Waals surface area contributed by atoms with E-state index in [0.29, 0.717) is 17.4 Å². The maximum atomic E-state index is 12.0. The normalized spacial score (nSPS) is 14.2. The fraction of sp³-hybridized carbons (Fsp3) is 0.357. The number of amides is 1. The average molecular weight is 289 g/mol. The number of rotatable bonds is 4. The Labute approximate surface area is 121 Å². The minimum absolute atomic E-state index is 0.0412. The van der Waals surface area contributed by atoms with Gasteiger partial charge in [-0.2, -0.15) is 5.26 Å². The van der Waals surface area contributed by atoms with Crippen molar-refractivity contribution >= 4 is 28.5 Å². The van der Waals surface area contributed by atoms with Gasteiger partial charge in [-0.1, -0.05) is 0 Å². The van der Waals surface area contributed by atoms with Crippen LogP contribution in [0, 0.1) is 11.3 Å². The summed E-state index contributed by atoms with van der Waals surface area (Å²) >= 11 is 5.90. The molecule has 1 aromatic heterocycles. The van der Waals surface area contributed by atoms with E-state index in [1.165, 1.54) is 0 Å². The second kappa shape index (κ2) is 5.14. The highest BCUT2D eigenvalue weighted by molar-refractivity contribution is 6.16. The van der Waals surface area contributed by atoms with Gasteiger partial charge in [0, 0.05) is 6.04 Å². The Morgan fingerprint density at radius 2 is 2.35 bits per heavy atom. The monoisotopic (exact) mass is 288 g/mol. The summed E-state index contributed by atoms with van der Waals surface area (Å²) in [6.07, 6.45) is 2.11. The lowest BCUT2D eigenvalue weighted by Gasteiger charge is -2.08. The van der Waals surface area contributed by atoms with E-state index in [9.17, 15) is 4.79 Å². The summed E-state index contributed by atoms with van der Waals surface area (Å²) in [4.78, 5) is 16.4. The molecule has 0 bridgehead atoms. The number of carbonyl (C=O) groups is 1. The molecule has 1 N–H and O–H groups in total. The fourth-order valence-electron chi connectivity index (χ4n) is 2.17. The number of aromatic nitrogens is 2. The van der Waals surface area contributed by atoms with Gasteiger partial charge in [0.2, 0.25) is 5.91 Å². The molecule has 0 radical (unpaired) electrons. The van der Waals surface area contributed by atoms with Gasteiger partial charge in [-0.3, -0.25) is 4.79 Å². The van der Waals surface area contributed by atoms with Crippen LogP contribution in [0.2, 0.25) is 0 Å². The number of carbonyl (C=O) groups excluding carboxylic acids is 1. The molecule has 0 saturated heterocycles. The minimum Gasteiger partial charge on any atom is -0.352 e. The zero-order chi connectivity index (χ0) is 14.1. The molecule has 1 amide bonds. The topological polar surface area (TPSA) is 70.7 Å². The van der Waals surface area contributed by atoms with Crippen LogP contribution in [0.1, 0.15) is 24.2 Å². The highest BCUT2D eigenvalue weighted by Gasteiger charge is 2.24. The lowest BCUT2D eigenvalue weighted by atomic mass is 10.2. The summed E-state index contributed by atoms with van der Waals surface area (Å²) in [5.74, 6) is 0.830. The molecular weight excluding hydrogens is 276 g/mol. The maximum absolute atomic E-state index is 12.0. The molecule has 2 aromatic rings. The molecule has 0 aliphatic heterocycles. The van der Waals surface area contributed by atoms with Gasteiger partial charge in [0.15, 0.2) is 0 Å². The van der Waals surface area contributed by atoms with Crippen molar-refractivity contribution in [2.75, 3.05) is 0 Å². The van der Waals surface area contributed by atoms with E-state index >= 15 is 0 Å². The summed E-state index contributed by atoms with van der Waals surface area (Å²) in [5, 5.41) is 11.9. The van der Waals surface area contributed by atoms with Crippen LogP contribution in [-0.2, 0) is 17.2 Å². The van der Waals surface area contributed by atoms with Gasteiger partial charge in [0.05, 0.1) is 28.5 Å². The van der Waals surface area contributed by atoms with Gasteiger partial charge in [-0.05, 0) is 31.0 Å². The number of fused-ring (bicyclic) bond motifs is 1. The van der Waals surface area contributed by atoms with Crippen molar-refractivity contribution in [2.24, 2.45) is 0 Å². The van der Waals surface area contributed by atoms with Crippen molar-refractivity contribution in [3.05, 3.63) is 29.6 Å². The maximum Gasteiger partial charge on any atom is 0.240 e. The third kappa shape index (κ3) is 2.47. The third-order valence-electron chi connectivity index (χ3n) is 3.32. The lowest BCUT2D eigenvalue weighted by molar-refractivity contribution is -0.121. The van der Waals surface area contributed by atoms with Gasteiger partial charge >= 0.3 is 0 Å². The first-order chi connectivity index (χ1) is 9.71. The molecule has 1 aliphatic rings. The van der Waals surface area contributed by atoms with E-state index < -0.39 is 0 Å². The number of imidazole rings is 1. The SMILES string of the molecule is N#Cc1ccc2nc(CCl)n(CC(=O)NC3CC3)c2c1. The van der Waals surface area contributed by atoms with Crippen molar-refractivity contribution in [3.8, 4) is 6.07 Å². The van der Waals surface area contributed by atoms with Crippen LogP contribution in [0.5, 0.6) is 0 Å². The van der Waals surface area contributed by atoms with Crippen molar-refractivity contribution in [2.45, 2.75) is 31.3 Å². The highest BCUT2D eigenvalue weighted by atomic mass is 35.5. The van der Waals surface area contributed by atoms with E-state index in [4.69, 9.17) is 16.9 Å². The Morgan fingerprint density at radius 3 is 3.00 bits per heavy atom. The Balaban J connectivity index is 1.97. The molecule has 0 spiro atoms. The van der Waals surface area contributed by atoms with Crippen LogP contribution in [-0.4, -0.2) is 21.5 Å². The molecular formula is C14H13ClN4O. The molecule has 1 aliphatic carbocycles. The van der Waals surface area contributed by atoms with Gasteiger partial charge in [-0.15, -0.1) is 11.6 Å². The Bertz CT molecular complexity index is 712. The third-order valence-corrected chi connectivity index (χ3v) is 3.56. The quantitative estimate of drug-likeness (QED) is 0.874. The molecule has 0 unspecified atom stereocenters. The number of hydrogen-bond donors (Lipinski definition) is 1. The van der Waals surface area contributed by atoms with Crippen molar-refractivity contribution in [1.29, 1.82) is 5.26 Å². The highest BCUT2D eigenvalue weighted by Crippen LogP contribution is 2.21. The molecule has 3 rings (SSSR count). The molecule has 5 nitrogen and oxygen atoms in total. The molecule has 6 heteroatoms. The van der Waals surface area contributed by atoms with E-state index in [0.717, 1.165) is 23.9 Å². The van der Waals surface area contributed by atoms with E-state index in [2.05, 4.69) is 16.4 Å². The van der Waals surface area contributed by atoms with E-state index in [1.807, 2.05) is 0 Å². The summed E-state index contributed by atoms with van der Waals surface area (Å²) in [7, 11) is 0. The standard InChI is InChI=1S/C14H13ClN4O/c15-6-13-18-11-4-1-9(7-16)5-12(11)19(13)8-14(20)17-10-2-3-10/h1,4-5,10H,2-3,6,8H2,(H,17,20). The smallest absolute Gasteiger partial charge is 0.240 e. The summed E-state index contributed by atoms with van der Waals surface area (Å²) < 4.78 is 1.78. The molecule has 1 saturated carbocycles. The number of nitrogens with one attached hydrogen (secondary N) is 1. The summed E-state index contributed by atoms with van der Waals surface area (Å²) in [6.45, 7) is 0.184. The Morgan fingerprint density at radius 1 is 1.55 bits per heavy atom. The van der Waals surface area contributed by atoms with E-state index in [1.54, 1.807) is 22.8 Å². The van der Waals surface area contributed by atoms with E-state index in [-0.39, 0.29) is 18.3 Å². The molecule has 20 heavy (non-hydrogen) atoms. The predicted molar refractivity (Wildman–Crippen MR) is 75.2 cm³/mol. The molecule has 1 fully saturated rings. The number of nitriles is 1. The van der Waals surface area contributed by atoms with Crippen LogP contribution in [0.4, 0.5) is 0 Å². The van der Waals surface area contributed by atoms with Gasteiger partial charge < -0.3 is 9.88 Å². The van der Waals surface area contributed by atoms with Crippen LogP contribution in [0.25, 0.3) is 11.0 Å². The fourth-order valence-corrected chi connectivity index (χ4v) is 2.37. The first kappa shape index (κ1) is 12.9. The first-order valence-corrected chi connectivity index (χ1v) is 6.99. The number of alkyl halides is 1. The van der Waals surface area contributed by atoms with Crippen LogP contribution >= 0.6 is 11.6 Å². The zero-order valence-corrected chi connectivity index (χ0v) is 11.5. The summed E-state index contributed by atoms with van der Waals surface area (Å²) in [6, 6.07) is 7.65. The second-order valence-electron chi connectivity index (χ2n) is 4.90. The summed E-state index contributed by atoms with van der Waals surface area (Å²) in [5.41, 5.74) is 2.06.